The zero-order valence-electron chi connectivity index (χ0n) is 14.4. The highest BCUT2D eigenvalue weighted by atomic mass is 16.5. The van der Waals surface area contributed by atoms with Crippen LogP contribution in [-0.2, 0) is 17.8 Å². The molecular weight excluding hydrogens is 316 g/mol. The van der Waals surface area contributed by atoms with Crippen LogP contribution in [0.25, 0.3) is 10.4 Å². The maximum atomic E-state index is 11.9. The summed E-state index contributed by atoms with van der Waals surface area (Å²) in [7, 11) is 0. The number of ether oxygens (including phenoxy) is 1. The number of nitrogens with zero attached hydrogens (tertiary/aromatic N) is 3. The summed E-state index contributed by atoms with van der Waals surface area (Å²) in [6.07, 6.45) is 0.229. The number of carbonyl (C=O) groups excluding carboxylic acids is 1. The van der Waals surface area contributed by atoms with Crippen molar-refractivity contribution in [2.45, 2.75) is 39.0 Å². The van der Waals surface area contributed by atoms with Crippen molar-refractivity contribution in [1.29, 1.82) is 0 Å². The largest absolute Gasteiger partial charge is 0.445 e. The summed E-state index contributed by atoms with van der Waals surface area (Å²) >= 11 is 0. The Morgan fingerprint density at radius 3 is 2.60 bits per heavy atom. The molecule has 0 aliphatic heterocycles. The maximum Gasteiger partial charge on any atom is 0.407 e. The first-order valence-corrected chi connectivity index (χ1v) is 8.18. The van der Waals surface area contributed by atoms with E-state index in [1.165, 1.54) is 0 Å². The highest BCUT2D eigenvalue weighted by Gasteiger charge is 2.10. The highest BCUT2D eigenvalue weighted by Crippen LogP contribution is 2.18. The van der Waals surface area contributed by atoms with Crippen LogP contribution >= 0.6 is 0 Å². The minimum Gasteiger partial charge on any atom is -0.445 e. The average molecular weight is 338 g/mol. The average Bonchev–Trinajstić information content (AvgIpc) is 2.61. The third kappa shape index (κ3) is 6.20. The lowest BCUT2D eigenvalue weighted by Crippen LogP contribution is -2.34. The summed E-state index contributed by atoms with van der Waals surface area (Å²) in [4.78, 5) is 14.7. The third-order valence-electron chi connectivity index (χ3n) is 3.78. The van der Waals surface area contributed by atoms with Crippen LogP contribution in [0, 0.1) is 0 Å². The van der Waals surface area contributed by atoms with E-state index >= 15 is 0 Å². The maximum absolute atomic E-state index is 11.9. The van der Waals surface area contributed by atoms with Gasteiger partial charge in [0.05, 0.1) is 6.04 Å². The SMILES string of the molecule is C[C@H](N=[N+]=[N-])c1cccc(C[C@H](C)NC(=O)OCc2ccccc2)c1. The van der Waals surface area contributed by atoms with Crippen LogP contribution in [0.2, 0.25) is 0 Å². The van der Waals surface area contributed by atoms with Crippen LogP contribution in [0.1, 0.15) is 36.6 Å². The molecular formula is C19H22N4O2. The fourth-order valence-electron chi connectivity index (χ4n) is 2.49. The van der Waals surface area contributed by atoms with Crippen molar-refractivity contribution in [2.75, 3.05) is 0 Å². The molecule has 0 unspecified atom stereocenters. The van der Waals surface area contributed by atoms with Crippen LogP contribution in [0.4, 0.5) is 4.79 Å². The Bertz CT molecular complexity index is 742. The molecule has 0 aliphatic carbocycles. The van der Waals surface area contributed by atoms with E-state index in [1.807, 2.05) is 68.4 Å². The fraction of sp³-hybridized carbons (Fsp3) is 0.316. The van der Waals surface area contributed by atoms with Crippen molar-refractivity contribution < 1.29 is 9.53 Å². The summed E-state index contributed by atoms with van der Waals surface area (Å²) in [6, 6.07) is 17.1. The molecule has 0 spiro atoms. The number of alkyl carbamates (subject to hydrolysis) is 1. The van der Waals surface area contributed by atoms with Crippen molar-refractivity contribution in [1.82, 2.24) is 5.32 Å². The molecule has 6 nitrogen and oxygen atoms in total. The lowest BCUT2D eigenvalue weighted by molar-refractivity contribution is 0.136. The number of azide groups is 1. The van der Waals surface area contributed by atoms with Crippen molar-refractivity contribution in [3.8, 4) is 0 Å². The first-order chi connectivity index (χ1) is 12.1. The predicted molar refractivity (Wildman–Crippen MR) is 96.9 cm³/mol. The van der Waals surface area contributed by atoms with Crippen LogP contribution in [-0.4, -0.2) is 12.1 Å². The van der Waals surface area contributed by atoms with Gasteiger partial charge in [0, 0.05) is 11.0 Å². The molecule has 0 saturated carbocycles. The van der Waals surface area contributed by atoms with Crippen LogP contribution in [0.3, 0.4) is 0 Å². The van der Waals surface area contributed by atoms with Gasteiger partial charge in [0.1, 0.15) is 6.61 Å². The molecule has 0 radical (unpaired) electrons. The topological polar surface area (TPSA) is 87.1 Å². The molecule has 25 heavy (non-hydrogen) atoms. The molecule has 130 valence electrons. The van der Waals surface area contributed by atoms with E-state index in [0.717, 1.165) is 16.7 Å². The number of nitrogens with one attached hydrogen (secondary N) is 1. The van der Waals surface area contributed by atoms with Gasteiger partial charge in [-0.3, -0.25) is 0 Å². The molecule has 2 aromatic carbocycles. The molecule has 0 bridgehead atoms. The minimum absolute atomic E-state index is 0.0757. The summed E-state index contributed by atoms with van der Waals surface area (Å²) in [5.74, 6) is 0. The van der Waals surface area contributed by atoms with Crippen molar-refractivity contribution in [3.63, 3.8) is 0 Å². The van der Waals surface area contributed by atoms with E-state index in [2.05, 4.69) is 15.3 Å². The van der Waals surface area contributed by atoms with E-state index < -0.39 is 6.09 Å². The lowest BCUT2D eigenvalue weighted by Gasteiger charge is -2.15. The second-order valence-electron chi connectivity index (χ2n) is 5.94. The van der Waals surface area contributed by atoms with Gasteiger partial charge in [-0.1, -0.05) is 66.6 Å². The number of hydrogen-bond donors (Lipinski definition) is 1. The molecule has 6 heteroatoms. The van der Waals surface area contributed by atoms with Gasteiger partial charge in [0.25, 0.3) is 0 Å². The van der Waals surface area contributed by atoms with Crippen molar-refractivity contribution in [2.24, 2.45) is 5.11 Å². The Balaban J connectivity index is 1.85. The predicted octanol–water partition coefficient (Wildman–Crippen LogP) is 4.92. The zero-order valence-corrected chi connectivity index (χ0v) is 14.4. The number of carbonyl (C=O) groups is 1. The molecule has 0 aromatic heterocycles. The molecule has 0 saturated heterocycles. The molecule has 2 atom stereocenters. The number of rotatable bonds is 7. The smallest absolute Gasteiger partial charge is 0.407 e. The molecule has 1 N–H and O–H groups in total. The summed E-state index contributed by atoms with van der Waals surface area (Å²) in [6.45, 7) is 4.02. The van der Waals surface area contributed by atoms with Gasteiger partial charge in [-0.2, -0.15) is 0 Å². The number of amides is 1. The number of benzene rings is 2. The molecule has 0 heterocycles. The van der Waals surface area contributed by atoms with Crippen LogP contribution < -0.4 is 5.32 Å². The Kier molecular flexibility index (Phi) is 6.87. The van der Waals surface area contributed by atoms with Gasteiger partial charge in [-0.05, 0) is 35.6 Å². The Hall–Kier alpha value is -2.98. The first-order valence-electron chi connectivity index (χ1n) is 8.18. The summed E-state index contributed by atoms with van der Waals surface area (Å²) in [5.41, 5.74) is 11.5. The van der Waals surface area contributed by atoms with Gasteiger partial charge in [-0.25, -0.2) is 4.79 Å². The monoisotopic (exact) mass is 338 g/mol. The van der Waals surface area contributed by atoms with E-state index in [9.17, 15) is 4.79 Å². The van der Waals surface area contributed by atoms with Crippen molar-refractivity contribution in [3.05, 3.63) is 81.7 Å². The van der Waals surface area contributed by atoms with Crippen LogP contribution in [0.5, 0.6) is 0 Å². The van der Waals surface area contributed by atoms with Gasteiger partial charge >= 0.3 is 6.09 Å². The van der Waals surface area contributed by atoms with E-state index in [1.54, 1.807) is 0 Å². The lowest BCUT2D eigenvalue weighted by atomic mass is 10.0. The standard InChI is InChI=1S/C19H22N4O2/c1-14(21-19(24)25-13-16-7-4-3-5-8-16)11-17-9-6-10-18(12-17)15(2)22-23-20/h3-10,12,14-15H,11,13H2,1-2H3,(H,21,24)/t14-,15-/m0/s1. The second-order valence-corrected chi connectivity index (χ2v) is 5.94. The van der Waals surface area contributed by atoms with Gasteiger partial charge in [0.2, 0.25) is 0 Å². The Morgan fingerprint density at radius 1 is 1.16 bits per heavy atom. The first kappa shape index (κ1) is 18.4. The highest BCUT2D eigenvalue weighted by molar-refractivity contribution is 5.67. The molecule has 0 aliphatic rings. The normalized spacial score (nSPS) is 12.6. The van der Waals surface area contributed by atoms with Gasteiger partial charge in [0.15, 0.2) is 0 Å². The van der Waals surface area contributed by atoms with Crippen molar-refractivity contribution >= 4 is 6.09 Å². The van der Waals surface area contributed by atoms with Gasteiger partial charge in [-0.15, -0.1) is 0 Å². The van der Waals surface area contributed by atoms with Gasteiger partial charge < -0.3 is 10.1 Å². The second kappa shape index (κ2) is 9.35. The zero-order chi connectivity index (χ0) is 18.1. The van der Waals surface area contributed by atoms with Crippen LogP contribution in [0.15, 0.2) is 59.7 Å². The molecule has 2 aromatic rings. The van der Waals surface area contributed by atoms with E-state index in [-0.39, 0.29) is 18.7 Å². The molecule has 2 rings (SSSR count). The Labute approximate surface area is 147 Å². The van der Waals surface area contributed by atoms with E-state index in [0.29, 0.717) is 6.42 Å². The molecule has 0 fully saturated rings. The fourth-order valence-corrected chi connectivity index (χ4v) is 2.49. The summed E-state index contributed by atoms with van der Waals surface area (Å²) < 4.78 is 5.23. The molecule has 1 amide bonds. The summed E-state index contributed by atoms with van der Waals surface area (Å²) in [5, 5.41) is 6.54. The quantitative estimate of drug-likeness (QED) is 0.441. The third-order valence-corrected chi connectivity index (χ3v) is 3.78. The van der Waals surface area contributed by atoms with E-state index in [4.69, 9.17) is 10.3 Å². The minimum atomic E-state index is -0.435. The Morgan fingerprint density at radius 2 is 1.88 bits per heavy atom. The number of hydrogen-bond acceptors (Lipinski definition) is 3.